The Morgan fingerprint density at radius 1 is 1.15 bits per heavy atom. The van der Waals surface area contributed by atoms with Gasteiger partial charge >= 0.3 is 0 Å². The van der Waals surface area contributed by atoms with E-state index in [-0.39, 0.29) is 23.1 Å². The smallest absolute Gasteiger partial charge is 0.270 e. The molecule has 0 spiro atoms. The molecule has 1 saturated heterocycles. The van der Waals surface area contributed by atoms with Gasteiger partial charge in [0.15, 0.2) is 0 Å². The van der Waals surface area contributed by atoms with Crippen LogP contribution in [0.15, 0.2) is 65.7 Å². The second-order valence-corrected chi connectivity index (χ2v) is 7.14. The summed E-state index contributed by atoms with van der Waals surface area (Å²) in [6.07, 6.45) is 3.00. The molecule has 27 heavy (non-hydrogen) atoms. The molecule has 1 N–H and O–H groups in total. The molecule has 2 atom stereocenters. The molecule has 1 amide bonds. The monoisotopic (exact) mass is 362 g/mol. The van der Waals surface area contributed by atoms with Crippen molar-refractivity contribution in [2.45, 2.75) is 19.5 Å². The van der Waals surface area contributed by atoms with Crippen LogP contribution in [0.1, 0.15) is 22.8 Å². The Morgan fingerprint density at radius 2 is 1.93 bits per heavy atom. The van der Waals surface area contributed by atoms with E-state index in [4.69, 9.17) is 0 Å². The zero-order valence-corrected chi connectivity index (χ0v) is 15.2. The Hall–Kier alpha value is -2.99. The van der Waals surface area contributed by atoms with E-state index >= 15 is 0 Å². The average molecular weight is 362 g/mol. The van der Waals surface area contributed by atoms with Gasteiger partial charge in [-0.15, -0.1) is 0 Å². The summed E-state index contributed by atoms with van der Waals surface area (Å²) >= 11 is 0. The molecular formula is C21H22N4O2. The molecule has 6 nitrogen and oxygen atoms in total. The van der Waals surface area contributed by atoms with Crippen LogP contribution in [0.25, 0.3) is 5.65 Å². The molecule has 4 rings (SSSR count). The van der Waals surface area contributed by atoms with Crippen molar-refractivity contribution >= 4 is 11.6 Å². The maximum atomic E-state index is 12.7. The molecular weight excluding hydrogens is 340 g/mol. The van der Waals surface area contributed by atoms with E-state index in [1.165, 1.54) is 16.2 Å². The lowest BCUT2D eigenvalue weighted by atomic mass is 10.1. The average Bonchev–Trinajstić information content (AvgIpc) is 3.01. The molecule has 1 fully saturated rings. The van der Waals surface area contributed by atoms with Crippen LogP contribution in [0.5, 0.6) is 0 Å². The number of aromatic nitrogens is 2. The molecule has 0 radical (unpaired) electrons. The standard InChI is InChI=1S/C21H22N4O2/c1-15-12-24(13-16-7-3-2-4-8-16)14-18(15)23-20(26)17-11-22-19-9-5-6-10-25(19)21(17)27/h2-11,15,18H,12-14H2,1H3,(H,23,26). The van der Waals surface area contributed by atoms with Crippen LogP contribution < -0.4 is 10.9 Å². The summed E-state index contributed by atoms with van der Waals surface area (Å²) in [6.45, 7) is 4.66. The molecule has 0 saturated carbocycles. The van der Waals surface area contributed by atoms with Crippen LogP contribution in [0.2, 0.25) is 0 Å². The van der Waals surface area contributed by atoms with Gasteiger partial charge in [-0.25, -0.2) is 4.98 Å². The zero-order valence-electron chi connectivity index (χ0n) is 15.2. The lowest BCUT2D eigenvalue weighted by molar-refractivity contribution is 0.0929. The minimum atomic E-state index is -0.357. The number of hydrogen-bond donors (Lipinski definition) is 1. The van der Waals surface area contributed by atoms with Gasteiger partial charge in [-0.05, 0) is 23.6 Å². The molecule has 1 aliphatic rings. The molecule has 3 aromatic rings. The second-order valence-electron chi connectivity index (χ2n) is 7.14. The van der Waals surface area contributed by atoms with Crippen molar-refractivity contribution in [3.63, 3.8) is 0 Å². The van der Waals surface area contributed by atoms with Crippen molar-refractivity contribution in [3.05, 3.63) is 82.4 Å². The number of nitrogens with one attached hydrogen (secondary N) is 1. The van der Waals surface area contributed by atoms with Crippen LogP contribution >= 0.6 is 0 Å². The number of rotatable bonds is 4. The summed E-state index contributed by atoms with van der Waals surface area (Å²) < 4.78 is 1.40. The number of hydrogen-bond acceptors (Lipinski definition) is 4. The third-order valence-corrected chi connectivity index (χ3v) is 5.11. The first kappa shape index (κ1) is 17.4. The first-order valence-electron chi connectivity index (χ1n) is 9.15. The maximum Gasteiger partial charge on any atom is 0.270 e. The Kier molecular flexibility index (Phi) is 4.73. The normalized spacial score (nSPS) is 20.0. The Labute approximate surface area is 157 Å². The van der Waals surface area contributed by atoms with Crippen molar-refractivity contribution in [2.24, 2.45) is 5.92 Å². The van der Waals surface area contributed by atoms with Crippen LogP contribution in [-0.4, -0.2) is 39.3 Å². The van der Waals surface area contributed by atoms with Crippen molar-refractivity contribution in [2.75, 3.05) is 13.1 Å². The third-order valence-electron chi connectivity index (χ3n) is 5.11. The number of amides is 1. The molecule has 3 heterocycles. The number of pyridine rings is 1. The fraction of sp³-hybridized carbons (Fsp3) is 0.286. The molecule has 2 aromatic heterocycles. The van der Waals surface area contributed by atoms with Crippen LogP contribution in [-0.2, 0) is 6.54 Å². The van der Waals surface area contributed by atoms with E-state index < -0.39 is 0 Å². The first-order chi connectivity index (χ1) is 13.1. The first-order valence-corrected chi connectivity index (χ1v) is 9.15. The Bertz CT molecular complexity index is 1020. The van der Waals surface area contributed by atoms with Gasteiger partial charge in [-0.2, -0.15) is 0 Å². The summed E-state index contributed by atoms with van der Waals surface area (Å²) in [5.74, 6) is -0.0435. The number of nitrogens with zero attached hydrogens (tertiary/aromatic N) is 3. The fourth-order valence-electron chi connectivity index (χ4n) is 3.65. The van der Waals surface area contributed by atoms with Crippen molar-refractivity contribution in [1.29, 1.82) is 0 Å². The lowest BCUT2D eigenvalue weighted by Gasteiger charge is -2.17. The number of fused-ring (bicyclic) bond motifs is 1. The third kappa shape index (κ3) is 3.61. The van der Waals surface area contributed by atoms with E-state index in [1.54, 1.807) is 18.3 Å². The molecule has 1 aliphatic heterocycles. The second kappa shape index (κ2) is 7.32. The van der Waals surface area contributed by atoms with E-state index in [9.17, 15) is 9.59 Å². The Balaban J connectivity index is 1.47. The van der Waals surface area contributed by atoms with Crippen LogP contribution in [0.4, 0.5) is 0 Å². The predicted molar refractivity (Wildman–Crippen MR) is 104 cm³/mol. The van der Waals surface area contributed by atoms with Crippen LogP contribution in [0, 0.1) is 5.92 Å². The highest BCUT2D eigenvalue weighted by atomic mass is 16.2. The van der Waals surface area contributed by atoms with Gasteiger partial charge in [-0.3, -0.25) is 18.9 Å². The zero-order chi connectivity index (χ0) is 18.8. The van der Waals surface area contributed by atoms with Gasteiger partial charge < -0.3 is 5.32 Å². The van der Waals surface area contributed by atoms with E-state index in [2.05, 4.69) is 34.3 Å². The SMILES string of the molecule is CC1CN(Cc2ccccc2)CC1NC(=O)c1cnc2ccccn2c1=O. The maximum absolute atomic E-state index is 12.7. The Morgan fingerprint density at radius 3 is 2.74 bits per heavy atom. The topological polar surface area (TPSA) is 66.7 Å². The molecule has 6 heteroatoms. The highest BCUT2D eigenvalue weighted by Gasteiger charge is 2.31. The lowest BCUT2D eigenvalue weighted by Crippen LogP contribution is -2.42. The highest BCUT2D eigenvalue weighted by molar-refractivity contribution is 5.94. The summed E-state index contributed by atoms with van der Waals surface area (Å²) in [5.41, 5.74) is 1.52. The molecule has 0 bridgehead atoms. The minimum absolute atomic E-state index is 0.0112. The van der Waals surface area contributed by atoms with E-state index in [0.29, 0.717) is 11.6 Å². The largest absolute Gasteiger partial charge is 0.347 e. The number of benzene rings is 1. The van der Waals surface area contributed by atoms with Crippen molar-refractivity contribution in [3.8, 4) is 0 Å². The van der Waals surface area contributed by atoms with Gasteiger partial charge in [0.05, 0.1) is 0 Å². The molecule has 1 aromatic carbocycles. The van der Waals surface area contributed by atoms with Gasteiger partial charge in [0.2, 0.25) is 0 Å². The summed E-state index contributed by atoms with van der Waals surface area (Å²) in [5, 5.41) is 3.03. The summed E-state index contributed by atoms with van der Waals surface area (Å²) in [4.78, 5) is 31.8. The minimum Gasteiger partial charge on any atom is -0.347 e. The fourth-order valence-corrected chi connectivity index (χ4v) is 3.65. The summed E-state index contributed by atoms with van der Waals surface area (Å²) in [7, 11) is 0. The molecule has 2 unspecified atom stereocenters. The van der Waals surface area contributed by atoms with Gasteiger partial charge in [0, 0.05) is 38.1 Å². The van der Waals surface area contributed by atoms with Crippen molar-refractivity contribution in [1.82, 2.24) is 19.6 Å². The van der Waals surface area contributed by atoms with E-state index in [1.807, 2.05) is 24.3 Å². The summed E-state index contributed by atoms with van der Waals surface area (Å²) in [6, 6.07) is 15.6. The van der Waals surface area contributed by atoms with Crippen LogP contribution in [0.3, 0.4) is 0 Å². The van der Waals surface area contributed by atoms with Gasteiger partial charge in [0.25, 0.3) is 11.5 Å². The van der Waals surface area contributed by atoms with E-state index in [0.717, 1.165) is 19.6 Å². The molecule has 138 valence electrons. The number of likely N-dealkylation sites (tertiary alicyclic amines) is 1. The number of carbonyl (C=O) groups is 1. The molecule has 0 aliphatic carbocycles. The quantitative estimate of drug-likeness (QED) is 0.770. The van der Waals surface area contributed by atoms with Gasteiger partial charge in [0.1, 0.15) is 11.2 Å². The highest BCUT2D eigenvalue weighted by Crippen LogP contribution is 2.19. The van der Waals surface area contributed by atoms with Crippen molar-refractivity contribution < 1.29 is 4.79 Å². The predicted octanol–water partition coefficient (Wildman–Crippen LogP) is 1.94. The number of carbonyl (C=O) groups excluding carboxylic acids is 1. The van der Waals surface area contributed by atoms with Gasteiger partial charge in [-0.1, -0.05) is 43.3 Å².